The van der Waals surface area contributed by atoms with E-state index < -0.39 is 17.7 Å². The molecule has 0 fully saturated rings. The molecule has 5 heteroatoms. The van der Waals surface area contributed by atoms with E-state index in [1.54, 1.807) is 31.5 Å². The number of pyridine rings is 1. The van der Waals surface area contributed by atoms with Crippen LogP contribution < -0.4 is 11.3 Å². The first kappa shape index (κ1) is 12.6. The van der Waals surface area contributed by atoms with Crippen molar-refractivity contribution in [2.24, 2.45) is 5.84 Å². The standard InChI is InChI=1S/C13H13F2N3/c1-8-5-10(12(15)6-11(8)14)13(18-16)9-3-2-4-17-7-9/h2-7,13,18H,16H2,1H3. The van der Waals surface area contributed by atoms with Crippen LogP contribution in [-0.4, -0.2) is 4.98 Å². The van der Waals surface area contributed by atoms with Crippen LogP contribution in [0.25, 0.3) is 0 Å². The molecule has 94 valence electrons. The third kappa shape index (κ3) is 2.37. The number of benzene rings is 1. The number of hydrogen-bond donors (Lipinski definition) is 2. The minimum atomic E-state index is -0.634. The van der Waals surface area contributed by atoms with E-state index >= 15 is 0 Å². The summed E-state index contributed by atoms with van der Waals surface area (Å²) < 4.78 is 27.0. The van der Waals surface area contributed by atoms with E-state index in [4.69, 9.17) is 5.84 Å². The third-order valence-corrected chi connectivity index (χ3v) is 2.77. The average Bonchev–Trinajstić information content (AvgIpc) is 2.38. The van der Waals surface area contributed by atoms with Gasteiger partial charge in [0, 0.05) is 24.0 Å². The van der Waals surface area contributed by atoms with Crippen molar-refractivity contribution in [3.05, 3.63) is 65.0 Å². The van der Waals surface area contributed by atoms with E-state index in [2.05, 4.69) is 10.4 Å². The predicted molar refractivity (Wildman–Crippen MR) is 64.5 cm³/mol. The molecule has 0 saturated carbocycles. The molecule has 18 heavy (non-hydrogen) atoms. The molecule has 0 aliphatic carbocycles. The Bertz CT molecular complexity index is 543. The van der Waals surface area contributed by atoms with Crippen LogP contribution >= 0.6 is 0 Å². The van der Waals surface area contributed by atoms with Gasteiger partial charge in [-0.05, 0) is 30.2 Å². The van der Waals surface area contributed by atoms with Crippen molar-refractivity contribution in [1.82, 2.24) is 10.4 Å². The highest BCUT2D eigenvalue weighted by Crippen LogP contribution is 2.25. The molecule has 1 unspecified atom stereocenters. The van der Waals surface area contributed by atoms with Crippen molar-refractivity contribution in [3.63, 3.8) is 0 Å². The highest BCUT2D eigenvalue weighted by Gasteiger charge is 2.18. The van der Waals surface area contributed by atoms with Crippen LogP contribution in [0.3, 0.4) is 0 Å². The molecule has 0 aliphatic rings. The molecule has 1 aromatic heterocycles. The highest BCUT2D eigenvalue weighted by atomic mass is 19.1. The van der Waals surface area contributed by atoms with Gasteiger partial charge in [0.25, 0.3) is 0 Å². The molecule has 1 heterocycles. The molecule has 0 amide bonds. The van der Waals surface area contributed by atoms with Crippen LogP contribution in [0.5, 0.6) is 0 Å². The lowest BCUT2D eigenvalue weighted by Gasteiger charge is -2.18. The molecule has 1 atom stereocenters. The first-order chi connectivity index (χ1) is 8.63. The molecule has 3 nitrogen and oxygen atoms in total. The zero-order chi connectivity index (χ0) is 13.1. The van der Waals surface area contributed by atoms with Crippen molar-refractivity contribution in [2.45, 2.75) is 13.0 Å². The lowest BCUT2D eigenvalue weighted by atomic mass is 9.98. The maximum absolute atomic E-state index is 13.8. The molecule has 2 rings (SSSR count). The zero-order valence-corrected chi connectivity index (χ0v) is 9.82. The lowest BCUT2D eigenvalue weighted by molar-refractivity contribution is 0.537. The third-order valence-electron chi connectivity index (χ3n) is 2.77. The van der Waals surface area contributed by atoms with Crippen molar-refractivity contribution in [3.8, 4) is 0 Å². The van der Waals surface area contributed by atoms with Crippen molar-refractivity contribution in [2.75, 3.05) is 0 Å². The van der Waals surface area contributed by atoms with Gasteiger partial charge >= 0.3 is 0 Å². The Hall–Kier alpha value is -1.85. The number of aromatic nitrogens is 1. The van der Waals surface area contributed by atoms with Crippen LogP contribution in [-0.2, 0) is 0 Å². The first-order valence-electron chi connectivity index (χ1n) is 5.45. The smallest absolute Gasteiger partial charge is 0.131 e. The van der Waals surface area contributed by atoms with E-state index in [1.807, 2.05) is 0 Å². The Morgan fingerprint density at radius 2 is 2.06 bits per heavy atom. The summed E-state index contributed by atoms with van der Waals surface area (Å²) in [6.45, 7) is 1.58. The van der Waals surface area contributed by atoms with Crippen LogP contribution in [0.4, 0.5) is 8.78 Å². The van der Waals surface area contributed by atoms with Gasteiger partial charge in [-0.1, -0.05) is 6.07 Å². The molecular formula is C13H13F2N3. The van der Waals surface area contributed by atoms with Crippen molar-refractivity contribution < 1.29 is 8.78 Å². The van der Waals surface area contributed by atoms with E-state index in [1.165, 1.54) is 6.07 Å². The van der Waals surface area contributed by atoms with E-state index in [0.29, 0.717) is 16.7 Å². The summed E-state index contributed by atoms with van der Waals surface area (Å²) in [6, 6.07) is 5.26. The normalized spacial score (nSPS) is 12.4. The Labute approximate surface area is 104 Å². The fraction of sp³-hybridized carbons (Fsp3) is 0.154. The van der Waals surface area contributed by atoms with Crippen molar-refractivity contribution >= 4 is 0 Å². The summed E-state index contributed by atoms with van der Waals surface area (Å²) in [5.74, 6) is 4.25. The predicted octanol–water partition coefficient (Wildman–Crippen LogP) is 2.22. The Kier molecular flexibility index (Phi) is 3.64. The van der Waals surface area contributed by atoms with E-state index in [9.17, 15) is 8.78 Å². The fourth-order valence-electron chi connectivity index (χ4n) is 1.81. The maximum atomic E-state index is 13.8. The number of hydrazine groups is 1. The summed E-state index contributed by atoms with van der Waals surface area (Å²) in [5.41, 5.74) is 3.90. The summed E-state index contributed by atoms with van der Waals surface area (Å²) in [7, 11) is 0. The van der Waals surface area contributed by atoms with Gasteiger partial charge in [0.2, 0.25) is 0 Å². The molecule has 2 aromatic rings. The monoisotopic (exact) mass is 249 g/mol. The van der Waals surface area contributed by atoms with Gasteiger partial charge < -0.3 is 0 Å². The molecule has 0 bridgehead atoms. The number of nitrogens with two attached hydrogens (primary N) is 1. The average molecular weight is 249 g/mol. The van der Waals surface area contributed by atoms with Crippen LogP contribution in [0.1, 0.15) is 22.7 Å². The summed E-state index contributed by atoms with van der Waals surface area (Å²) in [5, 5.41) is 0. The van der Waals surface area contributed by atoms with Gasteiger partial charge in [-0.3, -0.25) is 10.8 Å². The molecular weight excluding hydrogens is 236 g/mol. The Morgan fingerprint density at radius 1 is 1.28 bits per heavy atom. The molecule has 0 radical (unpaired) electrons. The second-order valence-electron chi connectivity index (χ2n) is 4.01. The summed E-state index contributed by atoms with van der Waals surface area (Å²) in [6.07, 6.45) is 3.20. The van der Waals surface area contributed by atoms with Gasteiger partial charge in [-0.25, -0.2) is 14.2 Å². The van der Waals surface area contributed by atoms with Gasteiger partial charge in [-0.15, -0.1) is 0 Å². The van der Waals surface area contributed by atoms with Gasteiger partial charge in [0.15, 0.2) is 0 Å². The van der Waals surface area contributed by atoms with E-state index in [-0.39, 0.29) is 0 Å². The molecule has 0 aliphatic heterocycles. The Morgan fingerprint density at radius 3 is 2.67 bits per heavy atom. The number of halogens is 2. The zero-order valence-electron chi connectivity index (χ0n) is 9.82. The quantitative estimate of drug-likeness (QED) is 0.647. The largest absolute Gasteiger partial charge is 0.271 e. The first-order valence-corrected chi connectivity index (χ1v) is 5.45. The summed E-state index contributed by atoms with van der Waals surface area (Å²) >= 11 is 0. The number of nitrogens with one attached hydrogen (secondary N) is 1. The number of nitrogens with zero attached hydrogens (tertiary/aromatic N) is 1. The topological polar surface area (TPSA) is 50.9 Å². The minimum Gasteiger partial charge on any atom is -0.271 e. The van der Waals surface area contributed by atoms with Gasteiger partial charge in [-0.2, -0.15) is 0 Å². The van der Waals surface area contributed by atoms with Gasteiger partial charge in [0.1, 0.15) is 11.6 Å². The minimum absolute atomic E-state index is 0.296. The molecule has 0 saturated heterocycles. The highest BCUT2D eigenvalue weighted by molar-refractivity contribution is 5.34. The molecule has 0 spiro atoms. The SMILES string of the molecule is Cc1cc(C(NN)c2cccnc2)c(F)cc1F. The molecule has 3 N–H and O–H groups in total. The second kappa shape index (κ2) is 5.20. The number of hydrogen-bond acceptors (Lipinski definition) is 3. The Balaban J connectivity index is 2.49. The van der Waals surface area contributed by atoms with Crippen molar-refractivity contribution in [1.29, 1.82) is 0 Å². The maximum Gasteiger partial charge on any atom is 0.131 e. The van der Waals surface area contributed by atoms with E-state index in [0.717, 1.165) is 6.07 Å². The lowest BCUT2D eigenvalue weighted by Crippen LogP contribution is -2.29. The van der Waals surface area contributed by atoms with Crippen LogP contribution in [0.2, 0.25) is 0 Å². The molecule has 1 aromatic carbocycles. The fourth-order valence-corrected chi connectivity index (χ4v) is 1.81. The number of aryl methyl sites for hydroxylation is 1. The van der Waals surface area contributed by atoms with Crippen LogP contribution in [0.15, 0.2) is 36.7 Å². The van der Waals surface area contributed by atoms with Gasteiger partial charge in [0.05, 0.1) is 6.04 Å². The second-order valence-corrected chi connectivity index (χ2v) is 4.01. The number of rotatable bonds is 3. The summed E-state index contributed by atoms with van der Waals surface area (Å²) in [4.78, 5) is 3.96. The van der Waals surface area contributed by atoms with Crippen LogP contribution in [0, 0.1) is 18.6 Å².